The van der Waals surface area contributed by atoms with E-state index in [-0.39, 0.29) is 0 Å². The number of aliphatic imine (C=N–C) groups is 1. The van der Waals surface area contributed by atoms with Gasteiger partial charge in [0.25, 0.3) is 0 Å². The van der Waals surface area contributed by atoms with Gasteiger partial charge in [-0.25, -0.2) is 0 Å². The highest BCUT2D eigenvalue weighted by molar-refractivity contribution is 8.13. The summed E-state index contributed by atoms with van der Waals surface area (Å²) >= 11 is 1.94. The molecule has 0 spiro atoms. The molecule has 2 nitrogen and oxygen atoms in total. The van der Waals surface area contributed by atoms with Crippen molar-refractivity contribution in [1.29, 1.82) is 0 Å². The first kappa shape index (κ1) is 13.3. The summed E-state index contributed by atoms with van der Waals surface area (Å²) in [5.74, 6) is 2.25. The molecule has 1 N–H and O–H groups in total. The Kier molecular flexibility index (Phi) is 4.78. The maximum atomic E-state index is 4.73. The molecule has 2 aliphatic rings. The van der Waals surface area contributed by atoms with Crippen molar-refractivity contribution >= 4 is 16.9 Å². The molecule has 2 rings (SSSR count). The minimum absolute atomic E-state index is 0.476. The van der Waals surface area contributed by atoms with E-state index in [9.17, 15) is 0 Å². The van der Waals surface area contributed by atoms with Crippen LogP contribution in [0, 0.1) is 11.3 Å². The molecule has 1 fully saturated rings. The van der Waals surface area contributed by atoms with Crippen LogP contribution in [0.15, 0.2) is 4.99 Å². The second-order valence-corrected chi connectivity index (χ2v) is 6.59. The van der Waals surface area contributed by atoms with E-state index >= 15 is 0 Å². The lowest BCUT2D eigenvalue weighted by atomic mass is 9.83. The van der Waals surface area contributed by atoms with Gasteiger partial charge >= 0.3 is 0 Å². The van der Waals surface area contributed by atoms with Crippen molar-refractivity contribution in [1.82, 2.24) is 5.32 Å². The third kappa shape index (κ3) is 3.40. The van der Waals surface area contributed by atoms with Crippen LogP contribution < -0.4 is 5.32 Å². The number of rotatable bonds is 5. The fraction of sp³-hybridized carbons (Fsp3) is 0.929. The Morgan fingerprint density at radius 2 is 2.12 bits per heavy atom. The maximum absolute atomic E-state index is 4.73. The van der Waals surface area contributed by atoms with Crippen LogP contribution in [0.5, 0.6) is 0 Å². The number of hydrogen-bond acceptors (Lipinski definition) is 3. The largest absolute Gasteiger partial charge is 0.365 e. The first-order valence-corrected chi connectivity index (χ1v) is 8.17. The third-order valence-corrected chi connectivity index (χ3v) is 5.93. The summed E-state index contributed by atoms with van der Waals surface area (Å²) in [7, 11) is 0. The van der Waals surface area contributed by atoms with Crippen molar-refractivity contribution in [3.8, 4) is 0 Å². The normalized spacial score (nSPS) is 24.0. The van der Waals surface area contributed by atoms with Crippen LogP contribution >= 0.6 is 11.8 Å². The predicted molar refractivity (Wildman–Crippen MR) is 77.7 cm³/mol. The number of hydrogen-bond donors (Lipinski definition) is 1. The van der Waals surface area contributed by atoms with Gasteiger partial charge in [-0.2, -0.15) is 0 Å². The summed E-state index contributed by atoms with van der Waals surface area (Å²) in [6, 6.07) is 0. The van der Waals surface area contributed by atoms with E-state index in [1.54, 1.807) is 0 Å². The van der Waals surface area contributed by atoms with Crippen molar-refractivity contribution in [2.45, 2.75) is 52.4 Å². The van der Waals surface area contributed by atoms with Gasteiger partial charge in [0.2, 0.25) is 0 Å². The monoisotopic (exact) mass is 254 g/mol. The molecule has 98 valence electrons. The van der Waals surface area contributed by atoms with Crippen molar-refractivity contribution in [2.75, 3.05) is 18.8 Å². The number of thioether (sulfide) groups is 1. The molecule has 0 radical (unpaired) electrons. The molecule has 1 aliphatic carbocycles. The quantitative estimate of drug-likeness (QED) is 0.809. The molecule has 3 heteroatoms. The molecule has 1 saturated carbocycles. The first-order chi connectivity index (χ1) is 8.28. The zero-order chi connectivity index (χ0) is 12.1. The van der Waals surface area contributed by atoms with E-state index in [4.69, 9.17) is 4.99 Å². The molecule has 0 aromatic heterocycles. The van der Waals surface area contributed by atoms with E-state index < -0.39 is 0 Å². The van der Waals surface area contributed by atoms with Gasteiger partial charge in [0, 0.05) is 18.8 Å². The van der Waals surface area contributed by atoms with Crippen molar-refractivity contribution < 1.29 is 0 Å². The standard InChI is InChI=1S/C14H26N2S/c1-3-14(4-2)10-16-13(17-11-14)15-9-8-12-6-5-7-12/h12H,3-11H2,1-2H3,(H,15,16). The van der Waals surface area contributed by atoms with Crippen LogP contribution in [0.25, 0.3) is 0 Å². The van der Waals surface area contributed by atoms with Gasteiger partial charge in [-0.3, -0.25) is 4.99 Å². The highest BCUT2D eigenvalue weighted by atomic mass is 32.2. The lowest BCUT2D eigenvalue weighted by Crippen LogP contribution is -2.35. The average molecular weight is 254 g/mol. The molecule has 1 heterocycles. The Morgan fingerprint density at radius 3 is 2.59 bits per heavy atom. The molecule has 0 aromatic rings. The summed E-state index contributed by atoms with van der Waals surface area (Å²) in [6.45, 7) is 6.75. The van der Waals surface area contributed by atoms with Crippen LogP contribution in [0.1, 0.15) is 52.4 Å². The minimum Gasteiger partial charge on any atom is -0.365 e. The average Bonchev–Trinajstić information content (AvgIpc) is 2.33. The van der Waals surface area contributed by atoms with Gasteiger partial charge < -0.3 is 5.32 Å². The maximum Gasteiger partial charge on any atom is 0.156 e. The van der Waals surface area contributed by atoms with Crippen LogP contribution in [0.4, 0.5) is 0 Å². The molecule has 1 aliphatic heterocycles. The van der Waals surface area contributed by atoms with Crippen LogP contribution in [-0.2, 0) is 0 Å². The number of amidine groups is 1. The van der Waals surface area contributed by atoms with Gasteiger partial charge in [-0.1, -0.05) is 44.9 Å². The van der Waals surface area contributed by atoms with E-state index in [1.807, 2.05) is 11.8 Å². The fourth-order valence-corrected chi connectivity index (χ4v) is 3.80. The minimum atomic E-state index is 0.476. The smallest absolute Gasteiger partial charge is 0.156 e. The Hall–Kier alpha value is -0.180. The summed E-state index contributed by atoms with van der Waals surface area (Å²) in [5, 5.41) is 4.72. The molecule has 0 saturated heterocycles. The second kappa shape index (κ2) is 6.12. The fourth-order valence-electron chi connectivity index (χ4n) is 2.50. The Morgan fingerprint density at radius 1 is 1.35 bits per heavy atom. The van der Waals surface area contributed by atoms with E-state index in [0.717, 1.165) is 19.0 Å². The Balaban J connectivity index is 1.70. The van der Waals surface area contributed by atoms with Gasteiger partial charge in [0.15, 0.2) is 5.17 Å². The zero-order valence-corrected chi connectivity index (χ0v) is 12.1. The van der Waals surface area contributed by atoms with Gasteiger partial charge in [-0.15, -0.1) is 0 Å². The molecule has 0 bridgehead atoms. The highest BCUT2D eigenvalue weighted by Crippen LogP contribution is 2.35. The van der Waals surface area contributed by atoms with Crippen LogP contribution in [-0.4, -0.2) is 24.0 Å². The van der Waals surface area contributed by atoms with Gasteiger partial charge in [-0.05, 0) is 30.6 Å². The summed E-state index contributed by atoms with van der Waals surface area (Å²) < 4.78 is 0. The Labute approximate surface area is 110 Å². The predicted octanol–water partition coefficient (Wildman–Crippen LogP) is 3.68. The third-order valence-electron chi connectivity index (χ3n) is 4.63. The Bertz CT molecular complexity index is 267. The lowest BCUT2D eigenvalue weighted by Gasteiger charge is -2.33. The van der Waals surface area contributed by atoms with Gasteiger partial charge in [0.1, 0.15) is 0 Å². The highest BCUT2D eigenvalue weighted by Gasteiger charge is 2.30. The molecule has 0 unspecified atom stereocenters. The summed E-state index contributed by atoms with van der Waals surface area (Å²) in [4.78, 5) is 4.73. The molecule has 0 atom stereocenters. The molecule has 17 heavy (non-hydrogen) atoms. The molecular formula is C14H26N2S. The summed E-state index contributed by atoms with van der Waals surface area (Å²) in [5.41, 5.74) is 0.476. The van der Waals surface area contributed by atoms with E-state index in [1.165, 1.54) is 49.4 Å². The van der Waals surface area contributed by atoms with Gasteiger partial charge in [0.05, 0.1) is 0 Å². The number of nitrogens with zero attached hydrogens (tertiary/aromatic N) is 1. The lowest BCUT2D eigenvalue weighted by molar-refractivity contribution is 0.296. The van der Waals surface area contributed by atoms with Crippen molar-refractivity contribution in [2.24, 2.45) is 16.3 Å². The van der Waals surface area contributed by atoms with Crippen LogP contribution in [0.3, 0.4) is 0 Å². The molecular weight excluding hydrogens is 228 g/mol. The molecule has 0 amide bonds. The topological polar surface area (TPSA) is 24.4 Å². The van der Waals surface area contributed by atoms with Crippen molar-refractivity contribution in [3.63, 3.8) is 0 Å². The van der Waals surface area contributed by atoms with Crippen molar-refractivity contribution in [3.05, 3.63) is 0 Å². The first-order valence-electron chi connectivity index (χ1n) is 7.19. The SMILES string of the molecule is CCC1(CC)CN=C(NCCC2CCC2)SC1. The van der Waals surface area contributed by atoms with Crippen LogP contribution in [0.2, 0.25) is 0 Å². The number of nitrogens with one attached hydrogen (secondary N) is 1. The summed E-state index contributed by atoms with van der Waals surface area (Å²) in [6.07, 6.45) is 8.22. The zero-order valence-electron chi connectivity index (χ0n) is 11.3. The second-order valence-electron chi connectivity index (χ2n) is 5.63. The molecule has 0 aromatic carbocycles. The van der Waals surface area contributed by atoms with E-state index in [2.05, 4.69) is 19.2 Å². The van der Waals surface area contributed by atoms with E-state index in [0.29, 0.717) is 5.41 Å².